The average Bonchev–Trinajstić information content (AvgIpc) is 3.20. The van der Waals surface area contributed by atoms with Gasteiger partial charge in [0.25, 0.3) is 5.91 Å². The number of thiophene rings is 1. The summed E-state index contributed by atoms with van der Waals surface area (Å²) >= 11 is 3.15. The smallest absolute Gasteiger partial charge is 0.253 e. The molecule has 1 aliphatic heterocycles. The minimum absolute atomic E-state index is 0.0448. The predicted molar refractivity (Wildman–Crippen MR) is 108 cm³/mol. The summed E-state index contributed by atoms with van der Waals surface area (Å²) in [5, 5.41) is 8.14. The highest BCUT2D eigenvalue weighted by Crippen LogP contribution is 2.23. The van der Waals surface area contributed by atoms with Crippen LogP contribution in [-0.2, 0) is 4.79 Å². The Hall–Kier alpha value is -1.83. The van der Waals surface area contributed by atoms with E-state index in [1.807, 2.05) is 29.5 Å². The van der Waals surface area contributed by atoms with Crippen LogP contribution in [-0.4, -0.2) is 48.6 Å². The fourth-order valence-electron chi connectivity index (χ4n) is 2.93. The zero-order valence-electron chi connectivity index (χ0n) is 14.7. The molecule has 7 heteroatoms. The number of likely N-dealkylation sites (tertiary alicyclic amines) is 1. The van der Waals surface area contributed by atoms with Gasteiger partial charge in [-0.15, -0.1) is 23.1 Å². The van der Waals surface area contributed by atoms with Crippen LogP contribution in [0.3, 0.4) is 0 Å². The van der Waals surface area contributed by atoms with Gasteiger partial charge in [-0.05, 0) is 55.6 Å². The predicted octanol–water partition coefficient (Wildman–Crippen LogP) is 3.30. The summed E-state index contributed by atoms with van der Waals surface area (Å²) in [6.07, 6.45) is 1.97. The number of carbonyl (C=O) groups is 2. The lowest BCUT2D eigenvalue weighted by atomic mass is 10.0. The van der Waals surface area contributed by atoms with Crippen LogP contribution >= 0.6 is 23.1 Å². The highest BCUT2D eigenvalue weighted by atomic mass is 32.2. The van der Waals surface area contributed by atoms with E-state index in [1.54, 1.807) is 35.6 Å². The second-order valence-corrected chi connectivity index (χ2v) is 8.42. The third-order valence-corrected chi connectivity index (χ3v) is 6.58. The van der Waals surface area contributed by atoms with Crippen molar-refractivity contribution in [1.29, 1.82) is 0 Å². The van der Waals surface area contributed by atoms with Gasteiger partial charge in [0.15, 0.2) is 0 Å². The molecule has 2 amide bonds. The van der Waals surface area contributed by atoms with Crippen molar-refractivity contribution in [1.82, 2.24) is 10.2 Å². The number of benzene rings is 1. The third-order valence-electron chi connectivity index (χ3n) is 4.45. The van der Waals surface area contributed by atoms with Crippen LogP contribution < -0.4 is 10.6 Å². The van der Waals surface area contributed by atoms with Crippen LogP contribution in [0.4, 0.5) is 5.69 Å². The lowest BCUT2D eigenvalue weighted by Crippen LogP contribution is -2.43. The van der Waals surface area contributed by atoms with E-state index in [4.69, 9.17) is 0 Å². The minimum atomic E-state index is -0.0448. The van der Waals surface area contributed by atoms with E-state index in [9.17, 15) is 9.59 Å². The molecule has 0 bridgehead atoms. The van der Waals surface area contributed by atoms with E-state index in [0.717, 1.165) is 30.1 Å². The zero-order chi connectivity index (χ0) is 18.4. The molecule has 1 aliphatic rings. The molecular weight excluding hydrogens is 366 g/mol. The first kappa shape index (κ1) is 18.9. The van der Waals surface area contributed by atoms with Crippen LogP contribution in [0.2, 0.25) is 0 Å². The van der Waals surface area contributed by atoms with Gasteiger partial charge in [-0.25, -0.2) is 0 Å². The Morgan fingerprint density at radius 3 is 2.54 bits per heavy atom. The largest absolute Gasteiger partial charge is 0.339 e. The molecule has 3 rings (SSSR count). The van der Waals surface area contributed by atoms with Gasteiger partial charge in [-0.2, -0.15) is 0 Å². The van der Waals surface area contributed by atoms with E-state index in [1.165, 1.54) is 11.8 Å². The van der Waals surface area contributed by atoms with Crippen molar-refractivity contribution in [3.8, 4) is 0 Å². The van der Waals surface area contributed by atoms with Crippen molar-refractivity contribution >= 4 is 40.6 Å². The van der Waals surface area contributed by atoms with Crippen molar-refractivity contribution in [2.75, 3.05) is 31.2 Å². The number of hydrogen-bond acceptors (Lipinski definition) is 5. The molecule has 1 aromatic heterocycles. The van der Waals surface area contributed by atoms with Gasteiger partial charge in [0.2, 0.25) is 5.91 Å². The Bertz CT molecular complexity index is 724. The first-order chi connectivity index (χ1) is 12.7. The quantitative estimate of drug-likeness (QED) is 0.744. The highest BCUT2D eigenvalue weighted by Gasteiger charge is 2.22. The molecule has 138 valence electrons. The van der Waals surface area contributed by atoms with Crippen molar-refractivity contribution in [2.45, 2.75) is 23.1 Å². The molecule has 0 aliphatic carbocycles. The third kappa shape index (κ3) is 5.09. The molecule has 0 radical (unpaired) electrons. The molecule has 1 saturated heterocycles. The summed E-state index contributed by atoms with van der Waals surface area (Å²) in [4.78, 5) is 26.5. The van der Waals surface area contributed by atoms with Gasteiger partial charge in [-0.1, -0.05) is 6.07 Å². The van der Waals surface area contributed by atoms with Gasteiger partial charge < -0.3 is 15.5 Å². The average molecular weight is 390 g/mol. The van der Waals surface area contributed by atoms with Gasteiger partial charge in [0.05, 0.1) is 9.96 Å². The lowest BCUT2D eigenvalue weighted by Gasteiger charge is -2.31. The Morgan fingerprint density at radius 1 is 1.19 bits per heavy atom. The van der Waals surface area contributed by atoms with Crippen LogP contribution in [0.25, 0.3) is 0 Å². The summed E-state index contributed by atoms with van der Waals surface area (Å²) < 4.78 is 1.13. The normalized spacial score (nSPS) is 15.0. The first-order valence-electron chi connectivity index (χ1n) is 8.68. The van der Waals surface area contributed by atoms with Crippen molar-refractivity contribution < 1.29 is 9.59 Å². The number of piperidine rings is 1. The molecule has 26 heavy (non-hydrogen) atoms. The summed E-state index contributed by atoms with van der Waals surface area (Å²) in [6.45, 7) is 1.56. The van der Waals surface area contributed by atoms with E-state index >= 15 is 0 Å². The summed E-state index contributed by atoms with van der Waals surface area (Å²) in [6, 6.07) is 11.6. The number of hydrogen-bond donors (Lipinski definition) is 2. The van der Waals surface area contributed by atoms with E-state index in [-0.39, 0.29) is 11.8 Å². The monoisotopic (exact) mass is 389 g/mol. The maximum atomic E-state index is 12.6. The maximum Gasteiger partial charge on any atom is 0.253 e. The number of thioether (sulfide) groups is 1. The van der Waals surface area contributed by atoms with Crippen molar-refractivity contribution in [3.05, 3.63) is 47.3 Å². The molecule has 5 nitrogen and oxygen atoms in total. The number of nitrogens with zero attached hydrogens (tertiary/aromatic N) is 1. The van der Waals surface area contributed by atoms with Gasteiger partial charge in [-0.3, -0.25) is 9.59 Å². The lowest BCUT2D eigenvalue weighted by molar-refractivity contribution is -0.113. The molecule has 0 spiro atoms. The Morgan fingerprint density at radius 2 is 1.92 bits per heavy atom. The maximum absolute atomic E-state index is 12.6. The Balaban J connectivity index is 1.49. The first-order valence-corrected chi connectivity index (χ1v) is 10.5. The van der Waals surface area contributed by atoms with Gasteiger partial charge >= 0.3 is 0 Å². The molecule has 1 aromatic carbocycles. The summed E-state index contributed by atoms with van der Waals surface area (Å²) in [7, 11) is 1.97. The van der Waals surface area contributed by atoms with Gasteiger partial charge in [0, 0.05) is 30.4 Å². The van der Waals surface area contributed by atoms with Crippen molar-refractivity contribution in [2.24, 2.45) is 0 Å². The zero-order valence-corrected chi connectivity index (χ0v) is 16.4. The molecule has 2 heterocycles. The standard InChI is InChI=1S/C19H23N3O2S2/c1-20-15-8-10-22(11-9-15)19(24)14-4-6-16(7-5-14)21-17(23)13-26-18-3-2-12-25-18/h2-7,12,15,20H,8-11,13H2,1H3,(H,21,23). The number of nitrogens with one attached hydrogen (secondary N) is 2. The fourth-order valence-corrected chi connectivity index (χ4v) is 4.51. The molecule has 0 saturated carbocycles. The molecule has 0 unspecified atom stereocenters. The van der Waals surface area contributed by atoms with Crippen molar-refractivity contribution in [3.63, 3.8) is 0 Å². The van der Waals surface area contributed by atoms with Crippen LogP contribution in [0.5, 0.6) is 0 Å². The van der Waals surface area contributed by atoms with E-state index < -0.39 is 0 Å². The van der Waals surface area contributed by atoms with Crippen LogP contribution in [0.15, 0.2) is 46.0 Å². The SMILES string of the molecule is CNC1CCN(C(=O)c2ccc(NC(=O)CSc3cccs3)cc2)CC1. The summed E-state index contributed by atoms with van der Waals surface area (Å²) in [5.74, 6) is 0.393. The molecule has 2 aromatic rings. The van der Waals surface area contributed by atoms with Crippen LogP contribution in [0, 0.1) is 0 Å². The summed E-state index contributed by atoms with van der Waals surface area (Å²) in [5.41, 5.74) is 1.38. The molecule has 2 N–H and O–H groups in total. The number of rotatable bonds is 6. The van der Waals surface area contributed by atoms with E-state index in [2.05, 4.69) is 10.6 Å². The molecule has 0 atom stereocenters. The molecular formula is C19H23N3O2S2. The highest BCUT2D eigenvalue weighted by molar-refractivity contribution is 8.01. The number of amides is 2. The number of carbonyl (C=O) groups excluding carboxylic acids is 2. The second kappa shape index (κ2) is 9.21. The Labute approximate surface area is 162 Å². The van der Waals surface area contributed by atoms with Crippen LogP contribution in [0.1, 0.15) is 23.2 Å². The fraction of sp³-hybridized carbons (Fsp3) is 0.368. The number of anilines is 1. The van der Waals surface area contributed by atoms with Gasteiger partial charge in [0.1, 0.15) is 0 Å². The second-order valence-electron chi connectivity index (χ2n) is 6.20. The minimum Gasteiger partial charge on any atom is -0.339 e. The topological polar surface area (TPSA) is 61.4 Å². The Kier molecular flexibility index (Phi) is 6.71. The molecule has 1 fully saturated rings. The van der Waals surface area contributed by atoms with E-state index in [0.29, 0.717) is 23.0 Å².